The van der Waals surface area contributed by atoms with Crippen LogP contribution in [0.1, 0.15) is 18.2 Å². The van der Waals surface area contributed by atoms with Gasteiger partial charge >= 0.3 is 64.8 Å². The Morgan fingerprint density at radius 2 is 1.89 bits per heavy atom. The van der Waals surface area contributed by atoms with Crippen LogP contribution in [0.3, 0.4) is 0 Å². The van der Waals surface area contributed by atoms with Crippen LogP contribution in [0.4, 0.5) is 0 Å². The number of nitrogens with one attached hydrogen (secondary N) is 1. The zero-order valence-electron chi connectivity index (χ0n) is 14.6. The molecule has 1 aliphatic rings. The molecule has 27 heavy (non-hydrogen) atoms. The van der Waals surface area contributed by atoms with Gasteiger partial charge in [-0.3, -0.25) is 23.5 Å². The molecule has 1 fully saturated rings. The van der Waals surface area contributed by atoms with Gasteiger partial charge in [0.1, 0.15) is 12.3 Å². The van der Waals surface area contributed by atoms with Gasteiger partial charge in [-0.2, -0.15) is 0 Å². The number of hydrogen-bond acceptors (Lipinski definition) is 9. The van der Waals surface area contributed by atoms with E-state index in [0.717, 1.165) is 10.8 Å². The molecule has 17 heteroatoms. The molecule has 0 bridgehead atoms. The van der Waals surface area contributed by atoms with Crippen LogP contribution < -0.4 is 80.2 Å². The number of ether oxygens (including phenoxy) is 1. The van der Waals surface area contributed by atoms with E-state index in [1.165, 1.54) is 6.92 Å². The van der Waals surface area contributed by atoms with Crippen LogP contribution in [0.2, 0.25) is 0 Å². The molecule has 0 spiro atoms. The number of H-pyrrole nitrogens is 1. The molecule has 5 atom stereocenters. The fourth-order valence-corrected chi connectivity index (χ4v) is 3.17. The predicted octanol–water partition coefficient (Wildman–Crippen LogP) is -8.54. The number of phosphoric acid groups is 2. The van der Waals surface area contributed by atoms with Crippen molar-refractivity contribution in [3.8, 4) is 0 Å². The van der Waals surface area contributed by atoms with Crippen molar-refractivity contribution in [2.45, 2.75) is 31.8 Å². The average Bonchev–Trinajstić information content (AvgIpc) is 2.80. The van der Waals surface area contributed by atoms with Crippen LogP contribution in [0.5, 0.6) is 0 Å². The number of nitrogens with zero attached hydrogens (tertiary/aromatic N) is 1. The number of aromatic amines is 1. The second-order valence-electron chi connectivity index (χ2n) is 5.22. The fraction of sp³-hybridized carbons (Fsp3) is 0.600. The van der Waals surface area contributed by atoms with E-state index < -0.39 is 51.9 Å². The molecule has 1 aromatic heterocycles. The van der Waals surface area contributed by atoms with Gasteiger partial charge in [0.15, 0.2) is 0 Å². The van der Waals surface area contributed by atoms with E-state index in [-0.39, 0.29) is 71.1 Å². The normalized spacial score (nSPS) is 26.3. The van der Waals surface area contributed by atoms with Crippen LogP contribution in [0, 0.1) is 6.92 Å². The van der Waals surface area contributed by atoms with Crippen LogP contribution in [-0.4, -0.2) is 38.2 Å². The molecule has 0 aliphatic carbocycles. The van der Waals surface area contributed by atoms with Crippen LogP contribution in [0.25, 0.3) is 0 Å². The Balaban J connectivity index is 0.00000338. The summed E-state index contributed by atoms with van der Waals surface area (Å²) in [5, 5.41) is 0. The monoisotopic (exact) mass is 446 g/mol. The number of aryl methyl sites for hydroxylation is 1. The maximum absolute atomic E-state index is 11.8. The van der Waals surface area contributed by atoms with E-state index in [0.29, 0.717) is 0 Å². The molecule has 2 rings (SSSR count). The molecule has 1 saturated heterocycles. The summed E-state index contributed by atoms with van der Waals surface area (Å²) in [6.07, 6.45) is -3.03. The smallest absolute Gasteiger partial charge is 0.756 e. The first kappa shape index (κ1) is 27.9. The van der Waals surface area contributed by atoms with Crippen molar-refractivity contribution in [2.75, 3.05) is 6.61 Å². The Morgan fingerprint density at radius 3 is 2.41 bits per heavy atom. The zero-order valence-corrected chi connectivity index (χ0v) is 20.4. The van der Waals surface area contributed by atoms with Gasteiger partial charge in [-0.05, 0) is 6.92 Å². The van der Waals surface area contributed by atoms with Gasteiger partial charge in [0.25, 0.3) is 21.2 Å². The largest absolute Gasteiger partial charge is 1.00 e. The number of hydrogen-bond donors (Lipinski definition) is 3. The third-order valence-electron chi connectivity index (χ3n) is 3.31. The van der Waals surface area contributed by atoms with Crippen LogP contribution in [-0.2, 0) is 22.9 Å². The molecule has 1 aromatic rings. The van der Waals surface area contributed by atoms with Crippen LogP contribution in [0.15, 0.2) is 15.8 Å². The second kappa shape index (κ2) is 10.8. The predicted molar refractivity (Wildman–Crippen MR) is 75.1 cm³/mol. The quantitative estimate of drug-likeness (QED) is 0.277. The number of aromatic nitrogens is 2. The van der Waals surface area contributed by atoms with Gasteiger partial charge in [0, 0.05) is 18.2 Å². The second-order valence-corrected chi connectivity index (χ2v) is 7.56. The summed E-state index contributed by atoms with van der Waals surface area (Å²) in [4.78, 5) is 64.3. The summed E-state index contributed by atoms with van der Waals surface area (Å²) in [6, 6.07) is 0. The van der Waals surface area contributed by atoms with E-state index in [1.54, 1.807) is 0 Å². The van der Waals surface area contributed by atoms with Crippen molar-refractivity contribution in [2.24, 2.45) is 0 Å². The Hall–Kier alpha value is 0.860. The summed E-state index contributed by atoms with van der Waals surface area (Å²) >= 11 is 0. The van der Waals surface area contributed by atoms with E-state index in [2.05, 4.69) is 9.05 Å². The first-order chi connectivity index (χ1) is 11.4. The third kappa shape index (κ3) is 8.63. The molecule has 0 amide bonds. The van der Waals surface area contributed by atoms with E-state index >= 15 is 0 Å². The zero-order chi connectivity index (χ0) is 19.0. The van der Waals surface area contributed by atoms with Gasteiger partial charge < -0.3 is 33.4 Å². The number of rotatable bonds is 6. The molecule has 13 nitrogen and oxygen atoms in total. The average molecular weight is 446 g/mol. The minimum Gasteiger partial charge on any atom is -0.756 e. The fourth-order valence-electron chi connectivity index (χ4n) is 2.27. The van der Waals surface area contributed by atoms with Crippen molar-refractivity contribution in [1.82, 2.24) is 9.55 Å². The van der Waals surface area contributed by atoms with Crippen molar-refractivity contribution in [3.63, 3.8) is 0 Å². The standard InChI is InChI=1S/C10H16N2O11P2.2Na/c1-5-3-12(10(14)11-9(5)13)8-2-6(23-25(18,19)20)7(22-8)4-21-24(15,16)17;;/h3,6-8H,2,4H2,1H3,(H,11,13,14)(H2,15,16,17)(H2,18,19,20);;/q;2*+1/p-2/t6-,7+,8+;;/m0../s1. The van der Waals surface area contributed by atoms with Crippen molar-refractivity contribution < 1.29 is 102 Å². The maximum atomic E-state index is 11.8. The van der Waals surface area contributed by atoms with E-state index in [9.17, 15) is 28.5 Å². The van der Waals surface area contributed by atoms with E-state index in [1.807, 2.05) is 4.98 Å². The van der Waals surface area contributed by atoms with Crippen molar-refractivity contribution in [3.05, 3.63) is 32.6 Å². The molecule has 0 radical (unpaired) electrons. The van der Waals surface area contributed by atoms with Gasteiger partial charge in [0.05, 0.1) is 12.7 Å². The molecule has 2 unspecified atom stereocenters. The summed E-state index contributed by atoms with van der Waals surface area (Å²) in [6.45, 7) is 0.590. The Labute approximate surface area is 196 Å². The minimum absolute atomic E-state index is 0. The molecule has 1 aliphatic heterocycles. The third-order valence-corrected chi connectivity index (χ3v) is 4.32. The Kier molecular flexibility index (Phi) is 11.1. The SMILES string of the molecule is Cc1cn([C@H]2C[C@H](OP(=O)([O-])O)[C@@H](COP(=O)([O-])O)O2)c(=O)[nH]c1=O.[Na+].[Na+]. The van der Waals surface area contributed by atoms with Gasteiger partial charge in [-0.25, -0.2) is 4.79 Å². The molecular weight excluding hydrogens is 432 g/mol. The maximum Gasteiger partial charge on any atom is 1.00 e. The van der Waals surface area contributed by atoms with Crippen molar-refractivity contribution in [1.29, 1.82) is 0 Å². The minimum atomic E-state index is -5.20. The first-order valence-electron chi connectivity index (χ1n) is 6.74. The molecule has 0 saturated carbocycles. The van der Waals surface area contributed by atoms with Crippen molar-refractivity contribution >= 4 is 15.6 Å². The first-order valence-corrected chi connectivity index (χ1v) is 9.73. The molecule has 142 valence electrons. The molecule has 0 aromatic carbocycles. The van der Waals surface area contributed by atoms with Gasteiger partial charge in [-0.1, -0.05) is 0 Å². The van der Waals surface area contributed by atoms with Gasteiger partial charge in [0.2, 0.25) is 0 Å². The number of phosphoric ester groups is 2. The molecular formula is C10H14N2Na2O11P2. The summed E-state index contributed by atoms with van der Waals surface area (Å²) < 4.78 is 36.4. The molecule has 3 N–H and O–H groups in total. The van der Waals surface area contributed by atoms with Crippen LogP contribution >= 0.6 is 15.6 Å². The topological polar surface area (TPSA) is 203 Å². The van der Waals surface area contributed by atoms with Gasteiger partial charge in [-0.15, -0.1) is 0 Å². The summed E-state index contributed by atoms with van der Waals surface area (Å²) in [5.41, 5.74) is -1.32. The molecule has 2 heterocycles. The summed E-state index contributed by atoms with van der Waals surface area (Å²) in [5.74, 6) is 0. The Bertz CT molecular complexity index is 846. The summed E-state index contributed by atoms with van der Waals surface area (Å²) in [7, 11) is -10.3. The Morgan fingerprint density at radius 1 is 1.30 bits per heavy atom. The van der Waals surface area contributed by atoms with E-state index in [4.69, 9.17) is 14.5 Å².